The molecule has 3 heteroatoms. The Morgan fingerprint density at radius 3 is 3.25 bits per heavy atom. The zero-order valence-electron chi connectivity index (χ0n) is 5.46. The SMILES string of the molecule is [2H]c1cn(C)ncc1=O. The molecule has 0 amide bonds. The molecule has 0 saturated heterocycles. The fourth-order valence-electron chi connectivity index (χ4n) is 0.371. The van der Waals surface area contributed by atoms with Gasteiger partial charge in [0.1, 0.15) is 0 Å². The third-order valence-electron chi connectivity index (χ3n) is 0.751. The van der Waals surface area contributed by atoms with Crippen molar-refractivity contribution in [1.82, 2.24) is 9.78 Å². The lowest BCUT2D eigenvalue weighted by Gasteiger charge is -1.88. The van der Waals surface area contributed by atoms with Gasteiger partial charge in [-0.15, -0.1) is 0 Å². The first-order chi connectivity index (χ1) is 4.20. The second-order valence-electron chi connectivity index (χ2n) is 1.46. The Morgan fingerprint density at radius 2 is 2.75 bits per heavy atom. The van der Waals surface area contributed by atoms with Crippen molar-refractivity contribution >= 4 is 0 Å². The molecule has 0 aliphatic carbocycles. The Kier molecular flexibility index (Phi) is 0.850. The average Bonchev–Trinajstić information content (AvgIpc) is 1.80. The van der Waals surface area contributed by atoms with Crippen molar-refractivity contribution in [2.75, 3.05) is 0 Å². The summed E-state index contributed by atoms with van der Waals surface area (Å²) >= 11 is 0. The van der Waals surface area contributed by atoms with Crippen molar-refractivity contribution < 1.29 is 1.37 Å². The first kappa shape index (κ1) is 3.83. The molecule has 1 rings (SSSR count). The van der Waals surface area contributed by atoms with E-state index in [2.05, 4.69) is 5.10 Å². The zero-order valence-corrected chi connectivity index (χ0v) is 4.46. The molecule has 0 spiro atoms. The van der Waals surface area contributed by atoms with Crippen LogP contribution in [0.5, 0.6) is 0 Å². The maximum atomic E-state index is 10.5. The molecule has 1 aromatic heterocycles. The van der Waals surface area contributed by atoms with E-state index in [0.29, 0.717) is 0 Å². The van der Waals surface area contributed by atoms with Gasteiger partial charge in [0, 0.05) is 19.3 Å². The maximum Gasteiger partial charge on any atom is 0.200 e. The first-order valence-electron chi connectivity index (χ1n) is 2.70. The maximum absolute atomic E-state index is 10.5. The quantitative estimate of drug-likeness (QED) is 0.464. The lowest BCUT2D eigenvalue weighted by atomic mass is 10.6. The predicted molar refractivity (Wildman–Crippen MR) is 29.5 cm³/mol. The summed E-state index contributed by atoms with van der Waals surface area (Å²) in [5, 5.41) is 3.62. The van der Waals surface area contributed by atoms with Gasteiger partial charge in [-0.25, -0.2) is 0 Å². The predicted octanol–water partition coefficient (Wildman–Crippen LogP) is -0.220. The van der Waals surface area contributed by atoms with E-state index in [-0.39, 0.29) is 11.5 Å². The van der Waals surface area contributed by atoms with Gasteiger partial charge in [0.05, 0.1) is 7.57 Å². The van der Waals surface area contributed by atoms with Crippen LogP contribution in [0.3, 0.4) is 0 Å². The van der Waals surface area contributed by atoms with E-state index in [9.17, 15) is 4.79 Å². The number of hydrogen-bond donors (Lipinski definition) is 0. The Hall–Kier alpha value is -1.12. The normalized spacial score (nSPS) is 10.9. The Balaban J connectivity index is 3.34. The van der Waals surface area contributed by atoms with Crippen molar-refractivity contribution in [3.8, 4) is 0 Å². The highest BCUT2D eigenvalue weighted by molar-refractivity contribution is 4.84. The monoisotopic (exact) mass is 111 g/mol. The molecule has 0 radical (unpaired) electrons. The van der Waals surface area contributed by atoms with E-state index >= 15 is 0 Å². The van der Waals surface area contributed by atoms with Crippen LogP contribution >= 0.6 is 0 Å². The summed E-state index contributed by atoms with van der Waals surface area (Å²) in [4.78, 5) is 10.5. The van der Waals surface area contributed by atoms with Crippen molar-refractivity contribution in [3.63, 3.8) is 0 Å². The molecule has 0 unspecified atom stereocenters. The molecule has 0 saturated carbocycles. The molecule has 1 aromatic rings. The number of rotatable bonds is 0. The molecule has 1 heterocycles. The van der Waals surface area contributed by atoms with Crippen LogP contribution in [0.1, 0.15) is 1.37 Å². The number of aryl methyl sites for hydroxylation is 1. The van der Waals surface area contributed by atoms with Gasteiger partial charge in [-0.1, -0.05) is 0 Å². The molecule has 0 atom stereocenters. The molecule has 0 N–H and O–H groups in total. The Labute approximate surface area is 48.0 Å². The lowest BCUT2D eigenvalue weighted by molar-refractivity contribution is 0.734. The van der Waals surface area contributed by atoms with E-state index in [1.807, 2.05) is 0 Å². The summed E-state index contributed by atoms with van der Waals surface area (Å²) in [6, 6.07) is -0.0208. The summed E-state index contributed by atoms with van der Waals surface area (Å²) < 4.78 is 8.41. The molecule has 3 nitrogen and oxygen atoms in total. The van der Waals surface area contributed by atoms with Gasteiger partial charge in [0.25, 0.3) is 0 Å². The Bertz CT molecular complexity index is 268. The molecular weight excluding hydrogens is 104 g/mol. The highest BCUT2D eigenvalue weighted by Gasteiger charge is 1.77. The average molecular weight is 111 g/mol. The molecule has 0 bridgehead atoms. The Morgan fingerprint density at radius 1 is 2.00 bits per heavy atom. The summed E-state index contributed by atoms with van der Waals surface area (Å²) in [5.41, 5.74) is -0.340. The van der Waals surface area contributed by atoms with Crippen LogP contribution < -0.4 is 5.43 Å². The van der Waals surface area contributed by atoms with Gasteiger partial charge in [-0.2, -0.15) is 5.10 Å². The summed E-state index contributed by atoms with van der Waals surface area (Å²) in [6.07, 6.45) is 2.49. The van der Waals surface area contributed by atoms with Crippen molar-refractivity contribution in [1.29, 1.82) is 0 Å². The summed E-state index contributed by atoms with van der Waals surface area (Å²) in [7, 11) is 1.66. The molecule has 0 aliphatic rings. The number of nitrogens with zero attached hydrogens (tertiary/aromatic N) is 2. The molecule has 0 fully saturated rings. The van der Waals surface area contributed by atoms with E-state index < -0.39 is 0 Å². The molecule has 0 aromatic carbocycles. The summed E-state index contributed by atoms with van der Waals surface area (Å²) in [5.74, 6) is 0. The van der Waals surface area contributed by atoms with Gasteiger partial charge < -0.3 is 0 Å². The fourth-order valence-corrected chi connectivity index (χ4v) is 0.371. The topological polar surface area (TPSA) is 34.9 Å². The third kappa shape index (κ3) is 0.932. The van der Waals surface area contributed by atoms with Gasteiger partial charge in [0.2, 0.25) is 0 Å². The standard InChI is InChI=1S/C5H6N2O/c1-7-3-2-5(8)4-6-7/h2-4H,1H3/i2D. The zero-order chi connectivity index (χ0) is 6.85. The van der Waals surface area contributed by atoms with Crippen LogP contribution in [0.25, 0.3) is 0 Å². The van der Waals surface area contributed by atoms with Crippen molar-refractivity contribution in [2.24, 2.45) is 7.05 Å². The van der Waals surface area contributed by atoms with Crippen LogP contribution in [0.2, 0.25) is 0 Å². The second-order valence-corrected chi connectivity index (χ2v) is 1.46. The molecule has 42 valence electrons. The third-order valence-corrected chi connectivity index (χ3v) is 0.751. The van der Waals surface area contributed by atoms with E-state index in [4.69, 9.17) is 1.37 Å². The lowest BCUT2D eigenvalue weighted by Crippen LogP contribution is -2.03. The largest absolute Gasteiger partial charge is 0.288 e. The fraction of sp³-hybridized carbons (Fsp3) is 0.200. The number of aromatic nitrogens is 2. The van der Waals surface area contributed by atoms with Crippen molar-refractivity contribution in [3.05, 3.63) is 28.7 Å². The minimum absolute atomic E-state index is 0.0208. The molecule has 0 aliphatic heterocycles. The van der Waals surface area contributed by atoms with E-state index in [0.717, 1.165) is 6.20 Å². The van der Waals surface area contributed by atoms with Gasteiger partial charge in [0.15, 0.2) is 5.43 Å². The van der Waals surface area contributed by atoms with Crippen LogP contribution in [0.4, 0.5) is 0 Å². The smallest absolute Gasteiger partial charge is 0.200 e. The van der Waals surface area contributed by atoms with Gasteiger partial charge in [-0.05, 0) is 0 Å². The van der Waals surface area contributed by atoms with Gasteiger partial charge >= 0.3 is 0 Å². The van der Waals surface area contributed by atoms with Crippen LogP contribution in [0.15, 0.2) is 23.2 Å². The highest BCUT2D eigenvalue weighted by atomic mass is 16.1. The van der Waals surface area contributed by atoms with Gasteiger partial charge in [-0.3, -0.25) is 9.48 Å². The van der Waals surface area contributed by atoms with E-state index in [1.165, 1.54) is 10.9 Å². The van der Waals surface area contributed by atoms with Crippen LogP contribution in [-0.2, 0) is 7.05 Å². The summed E-state index contributed by atoms with van der Waals surface area (Å²) in [6.45, 7) is 0. The minimum Gasteiger partial charge on any atom is -0.288 e. The molecular formula is C5H6N2O. The van der Waals surface area contributed by atoms with E-state index in [1.54, 1.807) is 7.05 Å². The number of hydrogen-bond acceptors (Lipinski definition) is 2. The highest BCUT2D eigenvalue weighted by Crippen LogP contribution is 1.66. The van der Waals surface area contributed by atoms with Crippen LogP contribution in [0, 0.1) is 0 Å². The first-order valence-corrected chi connectivity index (χ1v) is 2.20. The minimum atomic E-state index is -0.340. The molecule has 8 heavy (non-hydrogen) atoms. The van der Waals surface area contributed by atoms with Crippen LogP contribution in [-0.4, -0.2) is 9.78 Å². The second kappa shape index (κ2) is 1.78. The van der Waals surface area contributed by atoms with Crippen molar-refractivity contribution in [2.45, 2.75) is 0 Å².